The second-order valence-corrected chi connectivity index (χ2v) is 1.32. The van der Waals surface area contributed by atoms with Crippen molar-refractivity contribution >= 4 is 36.5 Å². The fourth-order valence-electron chi connectivity index (χ4n) is 0. The molecule has 0 amide bonds. The summed E-state index contributed by atoms with van der Waals surface area (Å²) in [7, 11) is 0. The smallest absolute Gasteiger partial charge is 0.222 e. The molecule has 0 fully saturated rings. The van der Waals surface area contributed by atoms with Crippen molar-refractivity contribution in [2.75, 3.05) is 0 Å². The summed E-state index contributed by atoms with van der Waals surface area (Å²) in [6.07, 6.45) is 5.75. The van der Waals surface area contributed by atoms with Gasteiger partial charge in [0.15, 0.2) is 0 Å². The SMILES string of the molecule is C.C.C.CCC.N=C=O.N=C=O.N=C=O.N=C=O.N=C=O.N=C=O. The minimum atomic E-state index is 0. The van der Waals surface area contributed by atoms with Crippen molar-refractivity contribution in [1.82, 2.24) is 0 Å². The molecule has 0 aliphatic carbocycles. The van der Waals surface area contributed by atoms with Crippen LogP contribution in [0.4, 0.5) is 0 Å². The third-order valence-corrected chi connectivity index (χ3v) is 0. The molecule has 0 aliphatic rings. The molecule has 0 saturated heterocycles. The maximum absolute atomic E-state index is 8.35. The van der Waals surface area contributed by atoms with Gasteiger partial charge in [-0.3, -0.25) is 0 Å². The first-order chi connectivity index (χ1) is 9.90. The van der Waals surface area contributed by atoms with Crippen LogP contribution in [-0.4, -0.2) is 36.5 Å². The fourth-order valence-corrected chi connectivity index (χ4v) is 0. The molecule has 24 heavy (non-hydrogen) atoms. The summed E-state index contributed by atoms with van der Waals surface area (Å²) in [6.45, 7) is 4.25. The minimum absolute atomic E-state index is 0. The summed E-state index contributed by atoms with van der Waals surface area (Å²) in [5.41, 5.74) is 0. The number of hydrogen-bond acceptors (Lipinski definition) is 12. The van der Waals surface area contributed by atoms with Crippen molar-refractivity contribution in [3.8, 4) is 0 Å². The highest BCUT2D eigenvalue weighted by Crippen LogP contribution is 1.56. The van der Waals surface area contributed by atoms with E-state index in [1.807, 2.05) is 0 Å². The van der Waals surface area contributed by atoms with Crippen molar-refractivity contribution in [3.05, 3.63) is 0 Å². The van der Waals surface area contributed by atoms with Gasteiger partial charge in [-0.25, -0.2) is 61.2 Å². The van der Waals surface area contributed by atoms with E-state index in [4.69, 9.17) is 61.2 Å². The zero-order chi connectivity index (χ0) is 18.9. The van der Waals surface area contributed by atoms with Crippen LogP contribution in [0, 0.1) is 32.5 Å². The first-order valence-corrected chi connectivity index (χ1v) is 4.14. The zero-order valence-corrected chi connectivity index (χ0v) is 11.2. The minimum Gasteiger partial charge on any atom is -0.222 e. The molecule has 12 nitrogen and oxygen atoms in total. The lowest BCUT2D eigenvalue weighted by Crippen LogP contribution is -1.27. The second kappa shape index (κ2) is 599. The third kappa shape index (κ3) is 394. The van der Waals surface area contributed by atoms with Crippen LogP contribution in [0.15, 0.2) is 0 Å². The molecule has 0 bridgehead atoms. The average molecular weight is 350 g/mol. The zero-order valence-electron chi connectivity index (χ0n) is 11.2. The summed E-state index contributed by atoms with van der Waals surface area (Å²) in [5.74, 6) is 0. The van der Waals surface area contributed by atoms with E-state index < -0.39 is 0 Å². The molecule has 0 saturated carbocycles. The quantitative estimate of drug-likeness (QED) is 0.282. The van der Waals surface area contributed by atoms with Crippen LogP contribution in [0.25, 0.3) is 0 Å². The van der Waals surface area contributed by atoms with E-state index in [0.29, 0.717) is 0 Å². The number of hydrogen-bond donors (Lipinski definition) is 6. The first-order valence-electron chi connectivity index (χ1n) is 4.14. The lowest BCUT2D eigenvalue weighted by atomic mass is 10.6. The molecule has 0 aromatic carbocycles. The van der Waals surface area contributed by atoms with E-state index in [0.717, 1.165) is 36.5 Å². The molecule has 0 atom stereocenters. The molecule has 0 aromatic rings. The Morgan fingerprint density at radius 2 is 0.458 bits per heavy atom. The highest BCUT2D eigenvalue weighted by atomic mass is 16.1. The van der Waals surface area contributed by atoms with E-state index in [-0.39, 0.29) is 22.3 Å². The van der Waals surface area contributed by atoms with Crippen LogP contribution >= 0.6 is 0 Å². The molecule has 0 spiro atoms. The monoisotopic (exact) mass is 350 g/mol. The molecule has 6 N–H and O–H groups in total. The van der Waals surface area contributed by atoms with Gasteiger partial charge in [0.2, 0.25) is 36.5 Å². The van der Waals surface area contributed by atoms with Gasteiger partial charge in [-0.15, -0.1) is 0 Å². The van der Waals surface area contributed by atoms with Gasteiger partial charge >= 0.3 is 0 Å². The summed E-state index contributed by atoms with van der Waals surface area (Å²) in [5, 5.41) is 32.4. The molecule has 0 rings (SSSR count). The molecule has 140 valence electrons. The number of rotatable bonds is 0. The van der Waals surface area contributed by atoms with Crippen molar-refractivity contribution < 1.29 is 28.8 Å². The Morgan fingerprint density at radius 1 is 0.458 bits per heavy atom. The van der Waals surface area contributed by atoms with Crippen LogP contribution in [-0.2, 0) is 28.8 Å². The van der Waals surface area contributed by atoms with Crippen LogP contribution < -0.4 is 0 Å². The van der Waals surface area contributed by atoms with E-state index >= 15 is 0 Å². The van der Waals surface area contributed by atoms with Crippen LogP contribution in [0.1, 0.15) is 42.5 Å². The standard InChI is InChI=1S/C3H8.6CHNO.3CH4/c1-3-2;6*2-1-3;;;/h3H2,1-2H3;6*2H;3*1H4. The van der Waals surface area contributed by atoms with E-state index in [2.05, 4.69) is 13.8 Å². The Kier molecular flexibility index (Phi) is 1780. The van der Waals surface area contributed by atoms with Crippen molar-refractivity contribution in [2.45, 2.75) is 42.5 Å². The molecule has 12 heteroatoms. The van der Waals surface area contributed by atoms with Crippen molar-refractivity contribution in [1.29, 1.82) is 32.5 Å². The Balaban J connectivity index is -0.0000000117. The first kappa shape index (κ1) is 71.3. The largest absolute Gasteiger partial charge is 0.231 e. The van der Waals surface area contributed by atoms with Crippen LogP contribution in [0.2, 0.25) is 0 Å². The van der Waals surface area contributed by atoms with Gasteiger partial charge in [0.05, 0.1) is 0 Å². The lowest BCUT2D eigenvalue weighted by Gasteiger charge is -1.48. The Bertz CT molecular complexity index is 268. The predicted octanol–water partition coefficient (Wildman–Crippen LogP) is 2.73. The van der Waals surface area contributed by atoms with Gasteiger partial charge in [-0.1, -0.05) is 42.5 Å². The normalized spacial score (nSPS) is 2.75. The average Bonchev–Trinajstić information content (AvgIpc) is 2.35. The third-order valence-electron chi connectivity index (χ3n) is 0. The molecular weight excluding hydrogens is 324 g/mol. The Hall–Kier alpha value is -3.72. The lowest BCUT2D eigenvalue weighted by molar-refractivity contribution is 0.562. The molecule has 0 aromatic heterocycles. The maximum Gasteiger partial charge on any atom is 0.231 e. The fraction of sp³-hybridized carbons (Fsp3) is 0.500. The van der Waals surface area contributed by atoms with Gasteiger partial charge in [0, 0.05) is 0 Å². The second-order valence-electron chi connectivity index (χ2n) is 1.32. The highest BCUT2D eigenvalue weighted by molar-refractivity contribution is 5.27. The molecule has 0 radical (unpaired) electrons. The Labute approximate surface area is 141 Å². The van der Waals surface area contributed by atoms with Crippen molar-refractivity contribution in [3.63, 3.8) is 0 Å². The number of nitrogens with one attached hydrogen (secondary N) is 6. The van der Waals surface area contributed by atoms with E-state index in [1.54, 1.807) is 0 Å². The van der Waals surface area contributed by atoms with E-state index in [9.17, 15) is 0 Å². The van der Waals surface area contributed by atoms with Gasteiger partial charge in [0.25, 0.3) is 0 Å². The maximum atomic E-state index is 8.35. The highest BCUT2D eigenvalue weighted by Gasteiger charge is 1.35. The number of carbonyl (C=O) groups excluding carboxylic acids is 6. The molecular formula is C12H26N6O6. The Morgan fingerprint density at radius 3 is 0.458 bits per heavy atom. The van der Waals surface area contributed by atoms with E-state index in [1.165, 1.54) is 6.42 Å². The summed E-state index contributed by atoms with van der Waals surface area (Å²) in [6, 6.07) is 0. The summed E-state index contributed by atoms with van der Waals surface area (Å²) < 4.78 is 0. The molecule has 0 aliphatic heterocycles. The van der Waals surface area contributed by atoms with Crippen LogP contribution in [0.5, 0.6) is 0 Å². The topological polar surface area (TPSA) is 246 Å². The van der Waals surface area contributed by atoms with Gasteiger partial charge in [-0.2, -0.15) is 0 Å². The van der Waals surface area contributed by atoms with Crippen molar-refractivity contribution in [2.24, 2.45) is 0 Å². The number of isocyanates is 6. The van der Waals surface area contributed by atoms with Crippen LogP contribution in [0.3, 0.4) is 0 Å². The summed E-state index contributed by atoms with van der Waals surface area (Å²) in [4.78, 5) is 50.1. The van der Waals surface area contributed by atoms with Gasteiger partial charge < -0.3 is 0 Å². The van der Waals surface area contributed by atoms with Gasteiger partial charge in [-0.05, 0) is 0 Å². The molecule has 0 heterocycles. The van der Waals surface area contributed by atoms with Gasteiger partial charge in [0.1, 0.15) is 0 Å². The molecule has 0 unspecified atom stereocenters. The predicted molar refractivity (Wildman–Crippen MR) is 86.6 cm³/mol. The summed E-state index contributed by atoms with van der Waals surface area (Å²) >= 11 is 0.